The number of aliphatic imine (C=N–C) groups is 1. The van der Waals surface area contributed by atoms with Crippen LogP contribution in [0.5, 0.6) is 0 Å². The van der Waals surface area contributed by atoms with Crippen LogP contribution in [0.3, 0.4) is 0 Å². The van der Waals surface area contributed by atoms with Gasteiger partial charge in [0.05, 0.1) is 5.69 Å². The van der Waals surface area contributed by atoms with Crippen LogP contribution < -0.4 is 10.6 Å². The molecule has 3 heterocycles. The van der Waals surface area contributed by atoms with E-state index in [1.54, 1.807) is 24.1 Å². The summed E-state index contributed by atoms with van der Waals surface area (Å²) in [7, 11) is 3.72. The van der Waals surface area contributed by atoms with Gasteiger partial charge in [-0.2, -0.15) is 10.2 Å². The SMILES string of the molecule is CN=C(NCc1ccnc(-n2cccn2)c1)NCc1c(C)nn(C)c1C.I. The fourth-order valence-electron chi connectivity index (χ4n) is 2.75. The second kappa shape index (κ2) is 9.49. The average Bonchev–Trinajstić information content (AvgIpc) is 3.26. The Labute approximate surface area is 176 Å². The zero-order valence-electron chi connectivity index (χ0n) is 16.0. The molecule has 0 aliphatic carbocycles. The van der Waals surface area contributed by atoms with Crippen molar-refractivity contribution < 1.29 is 0 Å². The third kappa shape index (κ3) is 5.06. The van der Waals surface area contributed by atoms with Crippen LogP contribution in [-0.2, 0) is 20.1 Å². The lowest BCUT2D eigenvalue weighted by Crippen LogP contribution is -2.36. The molecule has 27 heavy (non-hydrogen) atoms. The highest BCUT2D eigenvalue weighted by Gasteiger charge is 2.09. The summed E-state index contributed by atoms with van der Waals surface area (Å²) in [5.41, 5.74) is 4.48. The number of hydrogen-bond acceptors (Lipinski definition) is 4. The van der Waals surface area contributed by atoms with E-state index in [1.807, 2.05) is 43.0 Å². The monoisotopic (exact) mass is 480 g/mol. The zero-order valence-corrected chi connectivity index (χ0v) is 18.3. The van der Waals surface area contributed by atoms with Gasteiger partial charge in [-0.15, -0.1) is 24.0 Å². The molecule has 3 rings (SSSR count). The highest BCUT2D eigenvalue weighted by molar-refractivity contribution is 14.0. The molecule has 0 amide bonds. The molecule has 3 aromatic heterocycles. The first-order chi connectivity index (χ1) is 12.6. The molecule has 2 N–H and O–H groups in total. The number of rotatable bonds is 5. The van der Waals surface area contributed by atoms with Crippen LogP contribution in [0.1, 0.15) is 22.5 Å². The summed E-state index contributed by atoms with van der Waals surface area (Å²) in [6.45, 7) is 5.41. The molecule has 0 radical (unpaired) electrons. The van der Waals surface area contributed by atoms with Gasteiger partial charge in [-0.1, -0.05) is 0 Å². The summed E-state index contributed by atoms with van der Waals surface area (Å²) < 4.78 is 3.64. The third-order valence-corrected chi connectivity index (χ3v) is 4.32. The Hall–Kier alpha value is -2.43. The van der Waals surface area contributed by atoms with E-state index in [-0.39, 0.29) is 24.0 Å². The predicted molar refractivity (Wildman–Crippen MR) is 116 cm³/mol. The van der Waals surface area contributed by atoms with Gasteiger partial charge in [0.1, 0.15) is 0 Å². The van der Waals surface area contributed by atoms with Crippen molar-refractivity contribution in [2.45, 2.75) is 26.9 Å². The quantitative estimate of drug-likeness (QED) is 0.332. The summed E-state index contributed by atoms with van der Waals surface area (Å²) in [5, 5.41) is 15.3. The summed E-state index contributed by atoms with van der Waals surface area (Å²) in [5.74, 6) is 1.53. The maximum Gasteiger partial charge on any atom is 0.191 e. The lowest BCUT2D eigenvalue weighted by atomic mass is 10.2. The first-order valence-corrected chi connectivity index (χ1v) is 8.47. The van der Waals surface area contributed by atoms with Crippen LogP contribution in [0.15, 0.2) is 41.8 Å². The molecular formula is C18H25IN8. The number of guanidine groups is 1. The first kappa shape index (κ1) is 20.9. The van der Waals surface area contributed by atoms with E-state index in [0.29, 0.717) is 13.1 Å². The maximum atomic E-state index is 4.44. The number of nitrogens with one attached hydrogen (secondary N) is 2. The van der Waals surface area contributed by atoms with Gasteiger partial charge in [-0.25, -0.2) is 9.67 Å². The topological polar surface area (TPSA) is 84.9 Å². The molecule has 0 saturated carbocycles. The molecular weight excluding hydrogens is 455 g/mol. The molecule has 0 unspecified atom stereocenters. The summed E-state index contributed by atoms with van der Waals surface area (Å²) in [6.07, 6.45) is 5.39. The summed E-state index contributed by atoms with van der Waals surface area (Å²) in [6, 6.07) is 5.85. The van der Waals surface area contributed by atoms with Crippen molar-refractivity contribution in [2.75, 3.05) is 7.05 Å². The van der Waals surface area contributed by atoms with Crippen molar-refractivity contribution in [1.82, 2.24) is 35.2 Å². The molecule has 0 saturated heterocycles. The molecule has 3 aromatic rings. The number of hydrogen-bond donors (Lipinski definition) is 2. The number of aromatic nitrogens is 5. The van der Waals surface area contributed by atoms with E-state index in [9.17, 15) is 0 Å². The summed E-state index contributed by atoms with van der Waals surface area (Å²) >= 11 is 0. The lowest BCUT2D eigenvalue weighted by molar-refractivity contribution is 0.728. The largest absolute Gasteiger partial charge is 0.352 e. The Bertz CT molecular complexity index is 898. The number of aryl methyl sites for hydroxylation is 2. The minimum absolute atomic E-state index is 0. The standard InChI is InChI=1S/C18H24N8.HI/c1-13-16(14(2)25(4)24-13)12-22-18(19-3)21-11-15-6-8-20-17(10-15)26-9-5-7-23-26;/h5-10H,11-12H2,1-4H3,(H2,19,21,22);1H. The first-order valence-electron chi connectivity index (χ1n) is 8.47. The molecule has 144 valence electrons. The Kier molecular flexibility index (Phi) is 7.34. The van der Waals surface area contributed by atoms with Gasteiger partial charge in [0, 0.05) is 57.0 Å². The number of pyridine rings is 1. The smallest absolute Gasteiger partial charge is 0.191 e. The van der Waals surface area contributed by atoms with Crippen molar-refractivity contribution in [1.29, 1.82) is 0 Å². The molecule has 0 aliphatic rings. The van der Waals surface area contributed by atoms with E-state index < -0.39 is 0 Å². The maximum absolute atomic E-state index is 4.44. The van der Waals surface area contributed by atoms with E-state index in [4.69, 9.17) is 0 Å². The molecule has 9 heteroatoms. The van der Waals surface area contributed by atoms with Crippen molar-refractivity contribution in [2.24, 2.45) is 12.0 Å². The molecule has 0 spiro atoms. The molecule has 0 atom stereocenters. The Balaban J connectivity index is 0.00000261. The number of halogens is 1. The van der Waals surface area contributed by atoms with E-state index in [2.05, 4.69) is 37.7 Å². The van der Waals surface area contributed by atoms with Crippen molar-refractivity contribution >= 4 is 29.9 Å². The van der Waals surface area contributed by atoms with Crippen LogP contribution in [0.2, 0.25) is 0 Å². The van der Waals surface area contributed by atoms with E-state index >= 15 is 0 Å². The Morgan fingerprint density at radius 2 is 1.96 bits per heavy atom. The average molecular weight is 480 g/mol. The van der Waals surface area contributed by atoms with Crippen LogP contribution >= 0.6 is 24.0 Å². The van der Waals surface area contributed by atoms with Gasteiger partial charge in [-0.05, 0) is 37.6 Å². The molecule has 0 bridgehead atoms. The third-order valence-electron chi connectivity index (χ3n) is 4.32. The fourth-order valence-corrected chi connectivity index (χ4v) is 2.75. The highest BCUT2D eigenvalue weighted by Crippen LogP contribution is 2.11. The Morgan fingerprint density at radius 3 is 2.59 bits per heavy atom. The van der Waals surface area contributed by atoms with Gasteiger partial charge in [0.15, 0.2) is 11.8 Å². The van der Waals surface area contributed by atoms with Gasteiger partial charge < -0.3 is 10.6 Å². The zero-order chi connectivity index (χ0) is 18.5. The van der Waals surface area contributed by atoms with E-state index in [1.165, 1.54) is 5.56 Å². The normalized spacial score (nSPS) is 11.2. The predicted octanol–water partition coefficient (Wildman–Crippen LogP) is 2.10. The second-order valence-electron chi connectivity index (χ2n) is 6.03. The van der Waals surface area contributed by atoms with Crippen LogP contribution in [-0.4, -0.2) is 37.6 Å². The van der Waals surface area contributed by atoms with Gasteiger partial charge in [-0.3, -0.25) is 9.67 Å². The Morgan fingerprint density at radius 1 is 1.19 bits per heavy atom. The molecule has 0 aromatic carbocycles. The fraction of sp³-hybridized carbons (Fsp3) is 0.333. The molecule has 0 fully saturated rings. The molecule has 8 nitrogen and oxygen atoms in total. The minimum atomic E-state index is 0. The van der Waals surface area contributed by atoms with Gasteiger partial charge >= 0.3 is 0 Å². The lowest BCUT2D eigenvalue weighted by Gasteiger charge is -2.12. The van der Waals surface area contributed by atoms with Crippen molar-refractivity contribution in [3.63, 3.8) is 0 Å². The summed E-state index contributed by atoms with van der Waals surface area (Å²) in [4.78, 5) is 8.64. The van der Waals surface area contributed by atoms with Crippen LogP contribution in [0.4, 0.5) is 0 Å². The number of nitrogens with zero attached hydrogens (tertiary/aromatic N) is 6. The molecule has 0 aliphatic heterocycles. The van der Waals surface area contributed by atoms with Crippen molar-refractivity contribution in [3.8, 4) is 5.82 Å². The van der Waals surface area contributed by atoms with Crippen molar-refractivity contribution in [3.05, 3.63) is 59.3 Å². The highest BCUT2D eigenvalue weighted by atomic mass is 127. The van der Waals surface area contributed by atoms with Crippen LogP contribution in [0, 0.1) is 13.8 Å². The minimum Gasteiger partial charge on any atom is -0.352 e. The second-order valence-corrected chi connectivity index (χ2v) is 6.03. The van der Waals surface area contributed by atoms with Gasteiger partial charge in [0.25, 0.3) is 0 Å². The van der Waals surface area contributed by atoms with E-state index in [0.717, 1.165) is 28.7 Å². The van der Waals surface area contributed by atoms with Crippen LogP contribution in [0.25, 0.3) is 5.82 Å². The van der Waals surface area contributed by atoms with Gasteiger partial charge in [0.2, 0.25) is 0 Å².